The second-order valence-electron chi connectivity index (χ2n) is 3.52. The van der Waals surface area contributed by atoms with Crippen LogP contribution in [0.15, 0.2) is 24.3 Å². The van der Waals surface area contributed by atoms with E-state index < -0.39 is 6.09 Å². The average Bonchev–Trinajstić information content (AvgIpc) is 2.34. The van der Waals surface area contributed by atoms with Gasteiger partial charge in [-0.05, 0) is 30.7 Å². The second-order valence-corrected chi connectivity index (χ2v) is 3.52. The number of benzene rings is 1. The number of hydrogen-bond acceptors (Lipinski definition) is 4. The molecule has 0 aliphatic rings. The van der Waals surface area contributed by atoms with Gasteiger partial charge in [-0.25, -0.2) is 4.79 Å². The Morgan fingerprint density at radius 2 is 2.00 bits per heavy atom. The molecule has 0 saturated heterocycles. The van der Waals surface area contributed by atoms with Crippen LogP contribution >= 0.6 is 0 Å². The van der Waals surface area contributed by atoms with Crippen LogP contribution in [0, 0.1) is 0 Å². The molecule has 0 radical (unpaired) electrons. The molecule has 0 atom stereocenters. The number of nitrogens with two attached hydrogens (primary N) is 1. The number of carbonyl (C=O) groups is 1. The van der Waals surface area contributed by atoms with E-state index >= 15 is 0 Å². The van der Waals surface area contributed by atoms with Crippen molar-refractivity contribution in [1.82, 2.24) is 5.32 Å². The van der Waals surface area contributed by atoms with Crippen molar-refractivity contribution < 1.29 is 14.3 Å². The van der Waals surface area contributed by atoms with Gasteiger partial charge in [0, 0.05) is 6.54 Å². The van der Waals surface area contributed by atoms with E-state index in [1.54, 1.807) is 7.11 Å². The predicted molar refractivity (Wildman–Crippen MR) is 65.1 cm³/mol. The predicted octanol–water partition coefficient (Wildman–Crippen LogP) is 0.923. The molecule has 0 unspecified atom stereocenters. The summed E-state index contributed by atoms with van der Waals surface area (Å²) in [7, 11) is 1.65. The van der Waals surface area contributed by atoms with Crippen molar-refractivity contribution in [3.05, 3.63) is 29.8 Å². The van der Waals surface area contributed by atoms with Crippen molar-refractivity contribution in [2.24, 2.45) is 5.73 Å². The van der Waals surface area contributed by atoms with Gasteiger partial charge in [-0.3, -0.25) is 0 Å². The first-order valence-corrected chi connectivity index (χ1v) is 5.48. The van der Waals surface area contributed by atoms with Gasteiger partial charge in [0.05, 0.1) is 7.11 Å². The van der Waals surface area contributed by atoms with Crippen molar-refractivity contribution in [3.63, 3.8) is 0 Å². The van der Waals surface area contributed by atoms with Gasteiger partial charge in [0.15, 0.2) is 0 Å². The Morgan fingerprint density at radius 1 is 1.29 bits per heavy atom. The standard InChI is InChI=1S/C12H18N2O3/c1-16-11-4-2-10(3-5-11)6-7-14-8-9-17-12(13)15/h2-5,14H,6-9H2,1H3,(H2,13,15). The number of methoxy groups -OCH3 is 1. The smallest absolute Gasteiger partial charge is 0.404 e. The summed E-state index contributed by atoms with van der Waals surface area (Å²) in [6.07, 6.45) is 0.183. The summed E-state index contributed by atoms with van der Waals surface area (Å²) >= 11 is 0. The SMILES string of the molecule is COc1ccc(CCNCCOC(N)=O)cc1. The third-order valence-corrected chi connectivity index (χ3v) is 2.27. The lowest BCUT2D eigenvalue weighted by Gasteiger charge is -2.05. The Hall–Kier alpha value is -1.75. The van der Waals surface area contributed by atoms with Gasteiger partial charge in [-0.1, -0.05) is 12.1 Å². The topological polar surface area (TPSA) is 73.6 Å². The maximum absolute atomic E-state index is 10.3. The van der Waals surface area contributed by atoms with E-state index in [2.05, 4.69) is 10.1 Å². The van der Waals surface area contributed by atoms with Crippen LogP contribution in [0.25, 0.3) is 0 Å². The number of amides is 1. The molecule has 5 nitrogen and oxygen atoms in total. The highest BCUT2D eigenvalue weighted by Crippen LogP contribution is 2.11. The van der Waals surface area contributed by atoms with E-state index in [4.69, 9.17) is 10.5 Å². The lowest BCUT2D eigenvalue weighted by Crippen LogP contribution is -2.25. The highest BCUT2D eigenvalue weighted by Gasteiger charge is 1.95. The summed E-state index contributed by atoms with van der Waals surface area (Å²) in [6.45, 7) is 1.74. The van der Waals surface area contributed by atoms with Crippen molar-refractivity contribution >= 4 is 6.09 Å². The molecule has 94 valence electrons. The molecule has 1 amide bonds. The van der Waals surface area contributed by atoms with Crippen LogP contribution in [0.3, 0.4) is 0 Å². The minimum atomic E-state index is -0.734. The van der Waals surface area contributed by atoms with Gasteiger partial charge < -0.3 is 20.5 Å². The van der Waals surface area contributed by atoms with Crippen LogP contribution in [0.4, 0.5) is 4.79 Å². The number of carbonyl (C=O) groups excluding carboxylic acids is 1. The summed E-state index contributed by atoms with van der Waals surface area (Å²) < 4.78 is 9.66. The summed E-state index contributed by atoms with van der Waals surface area (Å²) in [4.78, 5) is 10.3. The van der Waals surface area contributed by atoms with E-state index in [-0.39, 0.29) is 0 Å². The van der Waals surface area contributed by atoms with Crippen molar-refractivity contribution in [3.8, 4) is 5.75 Å². The van der Waals surface area contributed by atoms with E-state index in [9.17, 15) is 4.79 Å². The van der Waals surface area contributed by atoms with E-state index in [0.29, 0.717) is 13.2 Å². The Morgan fingerprint density at radius 3 is 2.59 bits per heavy atom. The Labute approximate surface area is 101 Å². The van der Waals surface area contributed by atoms with Crippen molar-refractivity contribution in [2.75, 3.05) is 26.8 Å². The van der Waals surface area contributed by atoms with Crippen LogP contribution in [0.1, 0.15) is 5.56 Å². The molecule has 5 heteroatoms. The van der Waals surface area contributed by atoms with Crippen LogP contribution in [0.2, 0.25) is 0 Å². The second kappa shape index (κ2) is 7.51. The molecule has 1 rings (SSSR count). The zero-order chi connectivity index (χ0) is 12.5. The molecule has 17 heavy (non-hydrogen) atoms. The summed E-state index contributed by atoms with van der Waals surface area (Å²) in [5.41, 5.74) is 6.06. The van der Waals surface area contributed by atoms with Crippen molar-refractivity contribution in [2.45, 2.75) is 6.42 Å². The average molecular weight is 238 g/mol. The first kappa shape index (κ1) is 13.3. The lowest BCUT2D eigenvalue weighted by molar-refractivity contribution is 0.157. The first-order valence-electron chi connectivity index (χ1n) is 5.48. The monoisotopic (exact) mass is 238 g/mol. The largest absolute Gasteiger partial charge is 0.497 e. The molecule has 0 aromatic heterocycles. The summed E-state index contributed by atoms with van der Waals surface area (Å²) in [6, 6.07) is 7.93. The van der Waals surface area contributed by atoms with Gasteiger partial charge in [-0.15, -0.1) is 0 Å². The molecular formula is C12H18N2O3. The highest BCUT2D eigenvalue weighted by molar-refractivity contribution is 5.64. The molecule has 0 bridgehead atoms. The van der Waals surface area contributed by atoms with Crippen LogP contribution in [0.5, 0.6) is 5.75 Å². The molecule has 1 aromatic rings. The van der Waals surface area contributed by atoms with E-state index in [0.717, 1.165) is 18.7 Å². The van der Waals surface area contributed by atoms with Gasteiger partial charge in [0.25, 0.3) is 0 Å². The Kier molecular flexibility index (Phi) is 5.88. The van der Waals surface area contributed by atoms with Crippen LogP contribution < -0.4 is 15.8 Å². The number of hydrogen-bond donors (Lipinski definition) is 2. The van der Waals surface area contributed by atoms with Gasteiger partial charge in [-0.2, -0.15) is 0 Å². The molecule has 0 aliphatic heterocycles. The molecule has 0 spiro atoms. The lowest BCUT2D eigenvalue weighted by atomic mass is 10.1. The Bertz CT molecular complexity index is 338. The van der Waals surface area contributed by atoms with Gasteiger partial charge >= 0.3 is 6.09 Å². The Balaban J connectivity index is 2.11. The number of ether oxygens (including phenoxy) is 2. The van der Waals surface area contributed by atoms with Gasteiger partial charge in [0.1, 0.15) is 12.4 Å². The van der Waals surface area contributed by atoms with Gasteiger partial charge in [0.2, 0.25) is 0 Å². The van der Waals surface area contributed by atoms with Crippen LogP contribution in [-0.2, 0) is 11.2 Å². The number of primary amides is 1. The van der Waals surface area contributed by atoms with E-state index in [1.807, 2.05) is 24.3 Å². The fraction of sp³-hybridized carbons (Fsp3) is 0.417. The van der Waals surface area contributed by atoms with Crippen molar-refractivity contribution in [1.29, 1.82) is 0 Å². The number of nitrogens with one attached hydrogen (secondary N) is 1. The molecule has 0 saturated carbocycles. The fourth-order valence-electron chi connectivity index (χ4n) is 1.37. The molecule has 3 N–H and O–H groups in total. The quantitative estimate of drug-likeness (QED) is 0.693. The third kappa shape index (κ3) is 5.77. The van der Waals surface area contributed by atoms with Crippen LogP contribution in [-0.4, -0.2) is 32.9 Å². The maximum Gasteiger partial charge on any atom is 0.404 e. The molecule has 1 aromatic carbocycles. The zero-order valence-corrected chi connectivity index (χ0v) is 9.94. The minimum absolute atomic E-state index is 0.304. The molecule has 0 heterocycles. The van der Waals surface area contributed by atoms with E-state index in [1.165, 1.54) is 5.56 Å². The third-order valence-electron chi connectivity index (χ3n) is 2.27. The summed E-state index contributed by atoms with van der Waals surface area (Å²) in [5.74, 6) is 0.858. The fourth-order valence-corrected chi connectivity index (χ4v) is 1.37. The first-order chi connectivity index (χ1) is 8.22. The molecule has 0 aliphatic carbocycles. The normalized spacial score (nSPS) is 9.94. The maximum atomic E-state index is 10.3. The zero-order valence-electron chi connectivity index (χ0n) is 9.94. The molecule has 0 fully saturated rings. The number of rotatable bonds is 7. The summed E-state index contributed by atoms with van der Waals surface area (Å²) in [5, 5.41) is 3.15. The minimum Gasteiger partial charge on any atom is -0.497 e. The highest BCUT2D eigenvalue weighted by atomic mass is 16.5. The molecular weight excluding hydrogens is 220 g/mol.